The lowest BCUT2D eigenvalue weighted by Crippen LogP contribution is -2.43. The van der Waals surface area contributed by atoms with Gasteiger partial charge >= 0.3 is 0 Å². The number of nitrogens with zero attached hydrogens (tertiary/aromatic N) is 1. The number of nitrogens with one attached hydrogen (secondary N) is 1. The van der Waals surface area contributed by atoms with Crippen molar-refractivity contribution in [1.29, 1.82) is 0 Å². The molecule has 4 rings (SSSR count). The Bertz CT molecular complexity index is 927. The molecular formula is C16H16N2O3S2. The van der Waals surface area contributed by atoms with E-state index in [-0.39, 0.29) is 18.1 Å². The Hall–Kier alpha value is -1.54. The molecule has 3 aromatic rings. The predicted octanol–water partition coefficient (Wildman–Crippen LogP) is 3.09. The number of ether oxygens (including phenoxy) is 1. The van der Waals surface area contributed by atoms with Crippen LogP contribution in [-0.2, 0) is 16.9 Å². The minimum atomic E-state index is -1.16. The monoisotopic (exact) mass is 348 g/mol. The van der Waals surface area contributed by atoms with Crippen molar-refractivity contribution >= 4 is 33.0 Å². The number of rotatable bonds is 2. The molecule has 0 amide bonds. The summed E-state index contributed by atoms with van der Waals surface area (Å²) in [5, 5.41) is 11.8. The zero-order valence-electron chi connectivity index (χ0n) is 12.8. The highest BCUT2D eigenvalue weighted by Gasteiger charge is 2.40. The first-order valence-corrected chi connectivity index (χ1v) is 9.00. The van der Waals surface area contributed by atoms with Crippen LogP contribution in [0.15, 0.2) is 23.1 Å². The van der Waals surface area contributed by atoms with E-state index in [1.54, 1.807) is 6.20 Å². The van der Waals surface area contributed by atoms with Gasteiger partial charge < -0.3 is 14.8 Å². The van der Waals surface area contributed by atoms with Crippen LogP contribution < -0.4 is 5.56 Å². The third-order valence-corrected chi connectivity index (χ3v) is 6.52. The number of aromatic amines is 1. The van der Waals surface area contributed by atoms with Gasteiger partial charge in [-0.25, -0.2) is 4.37 Å². The summed E-state index contributed by atoms with van der Waals surface area (Å²) in [5.41, 5.74) is 0.174. The first-order chi connectivity index (χ1) is 11.0. The van der Waals surface area contributed by atoms with Gasteiger partial charge in [0.05, 0.1) is 23.8 Å². The molecule has 0 radical (unpaired) electrons. The van der Waals surface area contributed by atoms with Gasteiger partial charge in [0.1, 0.15) is 10.3 Å². The number of hydrogen-bond acceptors (Lipinski definition) is 6. The van der Waals surface area contributed by atoms with Gasteiger partial charge in [0.15, 0.2) is 0 Å². The van der Waals surface area contributed by atoms with E-state index < -0.39 is 5.60 Å². The fourth-order valence-electron chi connectivity index (χ4n) is 2.98. The second kappa shape index (κ2) is 5.24. The lowest BCUT2D eigenvalue weighted by atomic mass is 9.83. The molecule has 7 heteroatoms. The summed E-state index contributed by atoms with van der Waals surface area (Å²) in [5.74, 6) is -0.0609. The Kier molecular flexibility index (Phi) is 3.42. The van der Waals surface area contributed by atoms with Crippen LogP contribution in [0.25, 0.3) is 19.8 Å². The fraction of sp³-hybridized carbons (Fsp3) is 0.375. The van der Waals surface area contributed by atoms with Gasteiger partial charge in [-0.05, 0) is 29.6 Å². The SMILES string of the molecule is CC(C)[C@]1(O)COCc2c1[nH]c(=O)c1sc(-c3ccns3)cc21. The zero-order valence-corrected chi connectivity index (χ0v) is 14.4. The van der Waals surface area contributed by atoms with E-state index in [0.29, 0.717) is 17.0 Å². The second-order valence-electron chi connectivity index (χ2n) is 6.11. The van der Waals surface area contributed by atoms with Gasteiger partial charge in [0.2, 0.25) is 0 Å². The molecule has 5 nitrogen and oxygen atoms in total. The number of H-pyrrole nitrogens is 1. The Morgan fingerprint density at radius 2 is 2.26 bits per heavy atom. The lowest BCUT2D eigenvalue weighted by Gasteiger charge is -2.37. The first-order valence-electron chi connectivity index (χ1n) is 7.41. The molecule has 0 saturated heterocycles. The quantitative estimate of drug-likeness (QED) is 0.746. The Labute approximate surface area is 140 Å². The smallest absolute Gasteiger partial charge is 0.266 e. The Morgan fingerprint density at radius 1 is 1.43 bits per heavy atom. The van der Waals surface area contributed by atoms with E-state index >= 15 is 0 Å². The molecule has 0 spiro atoms. The minimum Gasteiger partial charge on any atom is -0.381 e. The maximum atomic E-state index is 12.5. The summed E-state index contributed by atoms with van der Waals surface area (Å²) < 4.78 is 10.4. The molecule has 2 N–H and O–H groups in total. The molecular weight excluding hydrogens is 332 g/mol. The number of aliphatic hydroxyl groups is 1. The van der Waals surface area contributed by atoms with Crippen LogP contribution in [-0.4, -0.2) is 21.1 Å². The molecule has 1 atom stereocenters. The molecule has 0 aromatic carbocycles. The maximum Gasteiger partial charge on any atom is 0.266 e. The molecule has 0 aliphatic carbocycles. The van der Waals surface area contributed by atoms with Crippen molar-refractivity contribution < 1.29 is 9.84 Å². The van der Waals surface area contributed by atoms with Crippen LogP contribution >= 0.6 is 22.9 Å². The number of pyridine rings is 1. The van der Waals surface area contributed by atoms with E-state index in [1.165, 1.54) is 22.9 Å². The third kappa shape index (κ3) is 2.19. The number of thiophene rings is 1. The highest BCUT2D eigenvalue weighted by molar-refractivity contribution is 7.24. The van der Waals surface area contributed by atoms with Gasteiger partial charge in [-0.2, -0.15) is 0 Å². The van der Waals surface area contributed by atoms with E-state index in [1.807, 2.05) is 26.0 Å². The summed E-state index contributed by atoms with van der Waals surface area (Å²) in [6.07, 6.45) is 1.75. The van der Waals surface area contributed by atoms with Gasteiger partial charge in [-0.1, -0.05) is 13.8 Å². The number of hydrogen-bond donors (Lipinski definition) is 2. The van der Waals surface area contributed by atoms with Crippen LogP contribution in [0.3, 0.4) is 0 Å². The van der Waals surface area contributed by atoms with Crippen molar-refractivity contribution in [2.75, 3.05) is 6.61 Å². The molecule has 0 bridgehead atoms. The van der Waals surface area contributed by atoms with Gasteiger partial charge in [0.25, 0.3) is 5.56 Å². The standard InChI is InChI=1S/C16H16N2O3S2/c1-8(2)16(20)7-21-6-10-9-5-12(11-3-4-17-23-11)22-13(9)15(19)18-14(10)16/h3-5,8,20H,6-7H2,1-2H3,(H,18,19)/t16-/m1/s1. The summed E-state index contributed by atoms with van der Waals surface area (Å²) in [6.45, 7) is 4.45. The van der Waals surface area contributed by atoms with Crippen LogP contribution in [0.1, 0.15) is 25.1 Å². The first kappa shape index (κ1) is 15.0. The van der Waals surface area contributed by atoms with Crippen LogP contribution in [0, 0.1) is 5.92 Å². The normalized spacial score (nSPS) is 21.0. The third-order valence-electron chi connectivity index (χ3n) is 4.44. The summed E-state index contributed by atoms with van der Waals surface area (Å²) in [4.78, 5) is 17.5. The van der Waals surface area contributed by atoms with Crippen molar-refractivity contribution in [3.05, 3.63) is 39.9 Å². The number of fused-ring (bicyclic) bond motifs is 3. The van der Waals surface area contributed by atoms with Crippen molar-refractivity contribution in [2.45, 2.75) is 26.1 Å². The van der Waals surface area contributed by atoms with Crippen LogP contribution in [0.4, 0.5) is 0 Å². The maximum absolute atomic E-state index is 12.5. The van der Waals surface area contributed by atoms with Crippen molar-refractivity contribution in [3.63, 3.8) is 0 Å². The van der Waals surface area contributed by atoms with Crippen molar-refractivity contribution in [1.82, 2.24) is 9.36 Å². The molecule has 3 aromatic heterocycles. The molecule has 120 valence electrons. The lowest BCUT2D eigenvalue weighted by molar-refractivity contribution is -0.104. The summed E-state index contributed by atoms with van der Waals surface area (Å²) in [7, 11) is 0. The fourth-order valence-corrected chi connectivity index (χ4v) is 4.73. The summed E-state index contributed by atoms with van der Waals surface area (Å²) >= 11 is 2.86. The average Bonchev–Trinajstić information content (AvgIpc) is 3.17. The molecule has 23 heavy (non-hydrogen) atoms. The number of aromatic nitrogens is 2. The van der Waals surface area contributed by atoms with Crippen molar-refractivity contribution in [2.24, 2.45) is 5.92 Å². The van der Waals surface area contributed by atoms with Gasteiger partial charge in [-0.15, -0.1) is 11.3 Å². The van der Waals surface area contributed by atoms with Crippen molar-refractivity contribution in [3.8, 4) is 9.75 Å². The van der Waals surface area contributed by atoms with E-state index in [0.717, 1.165) is 20.7 Å². The highest BCUT2D eigenvalue weighted by Crippen LogP contribution is 2.41. The molecule has 1 aliphatic heterocycles. The van der Waals surface area contributed by atoms with Crippen LogP contribution in [0.2, 0.25) is 0 Å². The predicted molar refractivity (Wildman–Crippen MR) is 91.9 cm³/mol. The topological polar surface area (TPSA) is 75.2 Å². The van der Waals surface area contributed by atoms with E-state index in [4.69, 9.17) is 4.74 Å². The Balaban J connectivity index is 2.01. The van der Waals surface area contributed by atoms with E-state index in [9.17, 15) is 9.90 Å². The molecule has 1 aliphatic rings. The molecule has 4 heterocycles. The average molecular weight is 348 g/mol. The van der Waals surface area contributed by atoms with E-state index in [2.05, 4.69) is 9.36 Å². The highest BCUT2D eigenvalue weighted by atomic mass is 32.1. The van der Waals surface area contributed by atoms with Gasteiger partial charge in [-0.3, -0.25) is 4.79 Å². The van der Waals surface area contributed by atoms with Crippen LogP contribution in [0.5, 0.6) is 0 Å². The Morgan fingerprint density at radius 3 is 2.96 bits per heavy atom. The molecule has 0 fully saturated rings. The largest absolute Gasteiger partial charge is 0.381 e. The zero-order chi connectivity index (χ0) is 16.2. The molecule has 0 unspecified atom stereocenters. The van der Waals surface area contributed by atoms with Gasteiger partial charge in [0, 0.05) is 22.0 Å². The second-order valence-corrected chi connectivity index (χ2v) is 7.99. The minimum absolute atomic E-state index is 0.0609. The summed E-state index contributed by atoms with van der Waals surface area (Å²) in [6, 6.07) is 3.95. The molecule has 0 saturated carbocycles.